The molecule has 0 aliphatic rings. The van der Waals surface area contributed by atoms with E-state index in [1.807, 2.05) is 24.3 Å². The molecule has 9 heteroatoms. The fourth-order valence-electron chi connectivity index (χ4n) is 3.44. The molecular weight excluding hydrogens is 457 g/mol. The number of benzene rings is 3. The molecule has 34 heavy (non-hydrogen) atoms. The number of anilines is 1. The van der Waals surface area contributed by atoms with Gasteiger partial charge in [-0.15, -0.1) is 0 Å². The molecule has 0 bridgehead atoms. The van der Waals surface area contributed by atoms with Gasteiger partial charge in [0, 0.05) is 38.8 Å². The highest BCUT2D eigenvalue weighted by molar-refractivity contribution is 7.90. The number of nitrogens with zero attached hydrogens (tertiary/aromatic N) is 3. The Morgan fingerprint density at radius 2 is 1.50 bits per heavy atom. The van der Waals surface area contributed by atoms with Crippen molar-refractivity contribution in [3.63, 3.8) is 0 Å². The van der Waals surface area contributed by atoms with Gasteiger partial charge in [0.2, 0.25) is 0 Å². The lowest BCUT2D eigenvalue weighted by Gasteiger charge is -2.28. The lowest BCUT2D eigenvalue weighted by Crippen LogP contribution is -2.40. The summed E-state index contributed by atoms with van der Waals surface area (Å²) in [6.07, 6.45) is 0. The fraction of sp³-hybridized carbons (Fsp3) is 0.240. The molecule has 0 heterocycles. The maximum Gasteiger partial charge on any atom is 0.303 e. The van der Waals surface area contributed by atoms with E-state index in [0.717, 1.165) is 14.2 Å². The molecule has 0 saturated carbocycles. The summed E-state index contributed by atoms with van der Waals surface area (Å²) in [6, 6.07) is 19.8. The Morgan fingerprint density at radius 1 is 0.882 bits per heavy atom. The van der Waals surface area contributed by atoms with E-state index in [4.69, 9.17) is 4.74 Å². The summed E-state index contributed by atoms with van der Waals surface area (Å²) in [7, 11) is 2.11. The van der Waals surface area contributed by atoms with Gasteiger partial charge in [-0.25, -0.2) is 4.39 Å². The number of methoxy groups -OCH3 is 1. The highest BCUT2D eigenvalue weighted by Gasteiger charge is 2.27. The topological polar surface area (TPSA) is 70.2 Å². The molecule has 3 aromatic carbocycles. The van der Waals surface area contributed by atoms with Crippen molar-refractivity contribution in [2.75, 3.05) is 32.6 Å². The number of carbonyl (C=O) groups excluding carboxylic acids is 1. The van der Waals surface area contributed by atoms with Gasteiger partial charge in [-0.1, -0.05) is 42.5 Å². The number of amides is 1. The second-order valence-electron chi connectivity index (χ2n) is 7.92. The molecule has 180 valence electrons. The summed E-state index contributed by atoms with van der Waals surface area (Å²) >= 11 is 0. The number of hydrogen-bond donors (Lipinski definition) is 0. The monoisotopic (exact) mass is 485 g/mol. The van der Waals surface area contributed by atoms with E-state index in [1.54, 1.807) is 49.4 Å². The minimum absolute atomic E-state index is 0.0482. The van der Waals surface area contributed by atoms with Crippen molar-refractivity contribution in [2.45, 2.75) is 13.1 Å². The highest BCUT2D eigenvalue weighted by Crippen LogP contribution is 2.26. The van der Waals surface area contributed by atoms with Gasteiger partial charge in [-0.3, -0.25) is 9.10 Å². The Bertz CT molecular complexity index is 1250. The first-order valence-corrected chi connectivity index (χ1v) is 12.0. The van der Waals surface area contributed by atoms with Crippen molar-refractivity contribution in [3.8, 4) is 5.75 Å². The SMILES string of the molecule is COc1ccccc1CN(C)C(=O)c1ccc(CN(c2ccccc2F)S(=O)(=O)N(C)C)cc1. The largest absolute Gasteiger partial charge is 0.496 e. The van der Waals surface area contributed by atoms with Crippen LogP contribution in [0.2, 0.25) is 0 Å². The maximum atomic E-state index is 14.4. The number of rotatable bonds is 9. The Morgan fingerprint density at radius 3 is 2.12 bits per heavy atom. The smallest absolute Gasteiger partial charge is 0.303 e. The number of ether oxygens (including phenoxy) is 1. The van der Waals surface area contributed by atoms with Gasteiger partial charge in [0.1, 0.15) is 11.6 Å². The zero-order chi connectivity index (χ0) is 24.9. The minimum atomic E-state index is -3.95. The third-order valence-electron chi connectivity index (χ3n) is 5.33. The number of halogens is 1. The molecule has 0 aromatic heterocycles. The van der Waals surface area contributed by atoms with Gasteiger partial charge < -0.3 is 9.64 Å². The van der Waals surface area contributed by atoms with Gasteiger partial charge >= 0.3 is 10.2 Å². The van der Waals surface area contributed by atoms with Crippen molar-refractivity contribution in [1.82, 2.24) is 9.21 Å². The van der Waals surface area contributed by atoms with E-state index in [1.165, 1.54) is 32.3 Å². The predicted octanol–water partition coefficient (Wildman–Crippen LogP) is 3.92. The molecule has 0 radical (unpaired) electrons. The van der Waals surface area contributed by atoms with Crippen LogP contribution in [0.3, 0.4) is 0 Å². The van der Waals surface area contributed by atoms with Gasteiger partial charge in [0.15, 0.2) is 0 Å². The van der Waals surface area contributed by atoms with Crippen LogP contribution in [0.25, 0.3) is 0 Å². The Balaban J connectivity index is 1.80. The molecule has 0 saturated heterocycles. The minimum Gasteiger partial charge on any atom is -0.496 e. The van der Waals surface area contributed by atoms with Crippen LogP contribution in [0.1, 0.15) is 21.5 Å². The van der Waals surface area contributed by atoms with E-state index in [2.05, 4.69) is 0 Å². The Hall–Kier alpha value is -3.43. The molecule has 0 aliphatic heterocycles. The van der Waals surface area contributed by atoms with Gasteiger partial charge in [0.05, 0.1) is 19.3 Å². The van der Waals surface area contributed by atoms with Crippen LogP contribution in [0.15, 0.2) is 72.8 Å². The van der Waals surface area contributed by atoms with Crippen molar-refractivity contribution < 1.29 is 22.3 Å². The van der Waals surface area contributed by atoms with E-state index in [9.17, 15) is 17.6 Å². The molecule has 0 N–H and O–H groups in total. The molecule has 3 aromatic rings. The summed E-state index contributed by atoms with van der Waals surface area (Å²) in [5.74, 6) is -0.130. The van der Waals surface area contributed by atoms with Crippen molar-refractivity contribution in [2.24, 2.45) is 0 Å². The molecule has 0 atom stereocenters. The second kappa shape index (κ2) is 10.7. The average Bonchev–Trinajstić information content (AvgIpc) is 2.83. The Labute approximate surface area is 200 Å². The predicted molar refractivity (Wildman–Crippen MR) is 130 cm³/mol. The fourth-order valence-corrected chi connectivity index (χ4v) is 4.55. The molecule has 0 aliphatic carbocycles. The zero-order valence-corrected chi connectivity index (χ0v) is 20.4. The van der Waals surface area contributed by atoms with Gasteiger partial charge in [-0.2, -0.15) is 12.7 Å². The highest BCUT2D eigenvalue weighted by atomic mass is 32.2. The number of para-hydroxylation sites is 2. The molecule has 3 rings (SSSR count). The standard InChI is InChI=1S/C25H28FN3O4S/c1-27(2)34(31,32)29(23-11-7-6-10-22(23)26)17-19-13-15-20(16-14-19)25(30)28(3)18-21-9-5-8-12-24(21)33-4/h5-16H,17-18H2,1-4H3. The molecule has 1 amide bonds. The van der Waals surface area contributed by atoms with Crippen LogP contribution in [-0.2, 0) is 23.3 Å². The normalized spacial score (nSPS) is 11.4. The first-order valence-electron chi connectivity index (χ1n) is 10.6. The summed E-state index contributed by atoms with van der Waals surface area (Å²) < 4.78 is 47.6. The lowest BCUT2D eigenvalue weighted by atomic mass is 10.1. The van der Waals surface area contributed by atoms with Crippen LogP contribution in [-0.4, -0.2) is 51.8 Å². The third kappa shape index (κ3) is 5.55. The second-order valence-corrected chi connectivity index (χ2v) is 9.98. The molecule has 7 nitrogen and oxygen atoms in total. The quantitative estimate of drug-likeness (QED) is 0.461. The molecular formula is C25H28FN3O4S. The third-order valence-corrected chi connectivity index (χ3v) is 7.14. The van der Waals surface area contributed by atoms with E-state index >= 15 is 0 Å². The first-order chi connectivity index (χ1) is 16.1. The van der Waals surface area contributed by atoms with Crippen molar-refractivity contribution in [3.05, 3.63) is 95.3 Å². The Kier molecular flexibility index (Phi) is 7.90. The average molecular weight is 486 g/mol. The number of carbonyl (C=O) groups is 1. The van der Waals surface area contributed by atoms with Crippen LogP contribution in [0, 0.1) is 5.82 Å². The van der Waals surface area contributed by atoms with E-state index in [-0.39, 0.29) is 18.1 Å². The van der Waals surface area contributed by atoms with Crippen LogP contribution >= 0.6 is 0 Å². The summed E-state index contributed by atoms with van der Waals surface area (Å²) in [6.45, 7) is 0.277. The summed E-state index contributed by atoms with van der Waals surface area (Å²) in [5.41, 5.74) is 1.89. The van der Waals surface area contributed by atoms with Gasteiger partial charge in [0.25, 0.3) is 5.91 Å². The van der Waals surface area contributed by atoms with Crippen LogP contribution in [0.4, 0.5) is 10.1 Å². The molecule has 0 unspecified atom stereocenters. The van der Waals surface area contributed by atoms with Crippen LogP contribution < -0.4 is 9.04 Å². The first kappa shape index (κ1) is 25.2. The zero-order valence-electron chi connectivity index (χ0n) is 19.6. The van der Waals surface area contributed by atoms with Gasteiger partial charge in [-0.05, 0) is 35.9 Å². The summed E-state index contributed by atoms with van der Waals surface area (Å²) in [5, 5.41) is 0. The van der Waals surface area contributed by atoms with E-state index in [0.29, 0.717) is 23.4 Å². The van der Waals surface area contributed by atoms with Crippen molar-refractivity contribution >= 4 is 21.8 Å². The lowest BCUT2D eigenvalue weighted by molar-refractivity contribution is 0.0784. The van der Waals surface area contributed by atoms with E-state index < -0.39 is 16.0 Å². The van der Waals surface area contributed by atoms with Crippen LogP contribution in [0.5, 0.6) is 5.75 Å². The van der Waals surface area contributed by atoms with Crippen molar-refractivity contribution in [1.29, 1.82) is 0 Å². The molecule has 0 spiro atoms. The summed E-state index contributed by atoms with van der Waals surface area (Å²) in [4.78, 5) is 14.5. The maximum absolute atomic E-state index is 14.4. The number of hydrogen-bond acceptors (Lipinski definition) is 4. The molecule has 0 fully saturated rings.